The van der Waals surface area contributed by atoms with E-state index in [1.807, 2.05) is 109 Å². The van der Waals surface area contributed by atoms with Gasteiger partial charge in [-0.3, -0.25) is 24.9 Å². The number of aromatic nitrogens is 7. The average Bonchev–Trinajstić information content (AvgIpc) is 4.07. The van der Waals surface area contributed by atoms with Crippen molar-refractivity contribution in [2.45, 2.75) is 171 Å². The van der Waals surface area contributed by atoms with E-state index >= 15 is 0 Å². The zero-order chi connectivity index (χ0) is 62.1. The van der Waals surface area contributed by atoms with Crippen LogP contribution in [0.15, 0.2) is 140 Å². The van der Waals surface area contributed by atoms with Crippen LogP contribution in [0, 0.1) is 69.2 Å². The molecule has 5 aromatic heterocycles. The first kappa shape index (κ1) is 65.9. The van der Waals surface area contributed by atoms with Gasteiger partial charge in [0, 0.05) is 77.4 Å². The number of hydrogen-bond donors (Lipinski definition) is 0. The van der Waals surface area contributed by atoms with Crippen molar-refractivity contribution in [3.8, 4) is 56.0 Å². The summed E-state index contributed by atoms with van der Waals surface area (Å²) in [4.78, 5) is 32.1. The number of hydrogen-bond acceptors (Lipinski definition) is 7. The first-order chi connectivity index (χ1) is 41.3. The van der Waals surface area contributed by atoms with Crippen LogP contribution in [0.1, 0.15) is 182 Å². The van der Waals surface area contributed by atoms with Gasteiger partial charge in [0.25, 0.3) is 0 Å². The molecule has 0 N–H and O–H groups in total. The summed E-state index contributed by atoms with van der Waals surface area (Å²) in [5.41, 5.74) is 37.7. The van der Waals surface area contributed by atoms with Gasteiger partial charge in [-0.1, -0.05) is 197 Å². The molecule has 0 spiro atoms. The molecular weight excluding hydrogens is 1030 g/mol. The molecule has 10 aromatic rings. The fourth-order valence-electron chi connectivity index (χ4n) is 11.1. The van der Waals surface area contributed by atoms with Crippen molar-refractivity contribution >= 4 is 0 Å². The summed E-state index contributed by atoms with van der Waals surface area (Å²) in [6.07, 6.45) is 9.06. The van der Waals surface area contributed by atoms with E-state index in [-0.39, 0.29) is 0 Å². The van der Waals surface area contributed by atoms with Gasteiger partial charge in [0.1, 0.15) is 0 Å². The number of benzene rings is 5. The lowest BCUT2D eigenvalue weighted by Crippen LogP contribution is -1.97. The van der Waals surface area contributed by atoms with Gasteiger partial charge in [0.05, 0.1) is 51.2 Å². The first-order valence-electron chi connectivity index (χ1n) is 31.3. The smallest absolute Gasteiger partial charge is 0.0927 e. The van der Waals surface area contributed by atoms with Crippen LogP contribution in [-0.2, 0) is 32.1 Å². The Morgan fingerprint density at radius 1 is 0.271 bits per heavy atom. The highest BCUT2D eigenvalue weighted by molar-refractivity contribution is 5.80. The van der Waals surface area contributed by atoms with Gasteiger partial charge in [-0.2, -0.15) is 0 Å². The Morgan fingerprint density at radius 3 is 1.12 bits per heavy atom. The Bertz CT molecular complexity index is 3630. The van der Waals surface area contributed by atoms with Crippen molar-refractivity contribution in [1.29, 1.82) is 0 Å². The lowest BCUT2D eigenvalue weighted by atomic mass is 10.0. The molecular formula is C78H93N7. The van der Waals surface area contributed by atoms with Crippen LogP contribution in [0.4, 0.5) is 0 Å². The van der Waals surface area contributed by atoms with E-state index in [2.05, 4.69) is 199 Å². The summed E-state index contributed by atoms with van der Waals surface area (Å²) in [6, 6.07) is 44.9. The van der Waals surface area contributed by atoms with Crippen molar-refractivity contribution in [2.75, 3.05) is 0 Å². The second-order valence-corrected chi connectivity index (χ2v) is 20.7. The molecule has 0 saturated carbocycles. The lowest BCUT2D eigenvalue weighted by molar-refractivity contribution is 0.994. The van der Waals surface area contributed by atoms with Crippen molar-refractivity contribution in [3.05, 3.63) is 252 Å². The molecule has 0 atom stereocenters. The Morgan fingerprint density at radius 2 is 0.624 bits per heavy atom. The third kappa shape index (κ3) is 14.5. The summed E-state index contributed by atoms with van der Waals surface area (Å²) in [5.74, 6) is 0. The minimum absolute atomic E-state index is 0.930. The monoisotopic (exact) mass is 1130 g/mol. The molecule has 85 heavy (non-hydrogen) atoms. The maximum Gasteiger partial charge on any atom is 0.0927 e. The largest absolute Gasteiger partial charge is 0.261 e. The molecule has 5 aliphatic carbocycles. The van der Waals surface area contributed by atoms with E-state index in [0.29, 0.717) is 0 Å². The SMILES string of the molecule is CC.CC.CC.CC.CC.Cc1cc2c(nc1C)-c1ccccc1C2.Cc1nc2c(nc1C)-c1ccccc1C2.Cc1nc2c(nc1C)-c1ccccc1C2.Cc1ncc2c(c1C)-c1ccccc1C2.Cc1ncc2c(c1C)Cc1ccccc1-2. The van der Waals surface area contributed by atoms with Crippen LogP contribution in [0.2, 0.25) is 0 Å². The second-order valence-electron chi connectivity index (χ2n) is 20.7. The molecule has 0 bridgehead atoms. The molecule has 5 heterocycles. The van der Waals surface area contributed by atoms with E-state index in [1.54, 1.807) is 0 Å². The van der Waals surface area contributed by atoms with Gasteiger partial charge >= 0.3 is 0 Å². The number of aryl methyl sites for hydroxylation is 8. The zero-order valence-electron chi connectivity index (χ0n) is 54.9. The Hall–Kier alpha value is -8.29. The molecule has 0 aliphatic heterocycles. The standard InChI is InChI=1S/3C14H13N.2C13H12N2.5C2H6/c1-9-10(2)15-8-12-7-11-5-3-4-6-13(11)14(9)12;1-9-10(2)15-8-14-12-6-4-3-5-11(12)7-13(9)14;1-9-7-12-8-11-5-3-4-6-13(11)14(12)15-10(9)2;2*1-8-9(2)15-13-11-6-4-3-5-10(11)7-12(13)14-8;5*1-2/h2*3-6,8H,7H2,1-2H3;3-7H,8H2,1-2H3;2*3-6H,7H2,1-2H3;5*1-2H3. The molecule has 0 fully saturated rings. The normalized spacial score (nSPS) is 11.3. The average molecular weight is 1130 g/mol. The summed E-state index contributed by atoms with van der Waals surface area (Å²) in [5, 5.41) is 0. The fraction of sp³-hybridized carbons (Fsp3) is 0.321. The molecule has 15 rings (SSSR count). The van der Waals surface area contributed by atoms with Gasteiger partial charge in [0.2, 0.25) is 0 Å². The molecule has 0 unspecified atom stereocenters. The maximum atomic E-state index is 4.69. The molecule has 0 radical (unpaired) electrons. The summed E-state index contributed by atoms with van der Waals surface area (Å²) in [7, 11) is 0. The van der Waals surface area contributed by atoms with E-state index in [9.17, 15) is 0 Å². The van der Waals surface area contributed by atoms with Crippen LogP contribution in [0.5, 0.6) is 0 Å². The molecule has 7 heteroatoms. The molecule has 5 aromatic carbocycles. The highest BCUT2D eigenvalue weighted by Gasteiger charge is 2.25. The van der Waals surface area contributed by atoms with Crippen molar-refractivity contribution in [1.82, 2.24) is 34.9 Å². The van der Waals surface area contributed by atoms with Crippen LogP contribution in [-0.4, -0.2) is 34.9 Å². The van der Waals surface area contributed by atoms with Crippen LogP contribution in [0.25, 0.3) is 56.0 Å². The van der Waals surface area contributed by atoms with Gasteiger partial charge in [-0.25, -0.2) is 9.97 Å². The third-order valence-electron chi connectivity index (χ3n) is 15.9. The highest BCUT2D eigenvalue weighted by Crippen LogP contribution is 2.41. The van der Waals surface area contributed by atoms with Crippen molar-refractivity contribution < 1.29 is 0 Å². The minimum Gasteiger partial charge on any atom is -0.261 e. The highest BCUT2D eigenvalue weighted by atomic mass is 14.9. The number of nitrogens with zero attached hydrogens (tertiary/aromatic N) is 7. The molecule has 7 nitrogen and oxygen atoms in total. The van der Waals surface area contributed by atoms with Crippen LogP contribution < -0.4 is 0 Å². The van der Waals surface area contributed by atoms with E-state index in [0.717, 1.165) is 94.7 Å². The van der Waals surface area contributed by atoms with Gasteiger partial charge in [-0.05, 0) is 154 Å². The Kier molecular flexibility index (Phi) is 24.0. The quantitative estimate of drug-likeness (QED) is 0.149. The van der Waals surface area contributed by atoms with Crippen molar-refractivity contribution in [3.63, 3.8) is 0 Å². The van der Waals surface area contributed by atoms with Gasteiger partial charge < -0.3 is 0 Å². The summed E-state index contributed by atoms with van der Waals surface area (Å²) >= 11 is 0. The number of pyridine rings is 3. The van der Waals surface area contributed by atoms with Crippen LogP contribution >= 0.6 is 0 Å². The van der Waals surface area contributed by atoms with E-state index < -0.39 is 0 Å². The topological polar surface area (TPSA) is 90.2 Å². The summed E-state index contributed by atoms with van der Waals surface area (Å²) < 4.78 is 0. The molecule has 5 aliphatic rings. The maximum absolute atomic E-state index is 4.69. The predicted molar refractivity (Wildman–Crippen MR) is 362 cm³/mol. The number of rotatable bonds is 0. The summed E-state index contributed by atoms with van der Waals surface area (Å²) in [6.45, 7) is 40.8. The van der Waals surface area contributed by atoms with E-state index in [4.69, 9.17) is 4.98 Å². The molecule has 0 amide bonds. The Balaban J connectivity index is 0.000000164. The second kappa shape index (κ2) is 31.0. The lowest BCUT2D eigenvalue weighted by Gasteiger charge is -2.07. The molecule has 0 saturated heterocycles. The zero-order valence-corrected chi connectivity index (χ0v) is 54.9. The van der Waals surface area contributed by atoms with Crippen molar-refractivity contribution in [2.24, 2.45) is 0 Å². The van der Waals surface area contributed by atoms with E-state index in [1.165, 1.54) is 106 Å². The first-order valence-corrected chi connectivity index (χ1v) is 31.3. The predicted octanol–water partition coefficient (Wildman–Crippen LogP) is 20.3. The fourth-order valence-corrected chi connectivity index (χ4v) is 11.1. The minimum atomic E-state index is 0.930. The van der Waals surface area contributed by atoms with Crippen LogP contribution in [0.3, 0.4) is 0 Å². The Labute approximate surface area is 511 Å². The number of fused-ring (bicyclic) bond motifs is 15. The molecule has 440 valence electrons. The third-order valence-corrected chi connectivity index (χ3v) is 15.9. The van der Waals surface area contributed by atoms with Gasteiger partial charge in [0.15, 0.2) is 0 Å². The van der Waals surface area contributed by atoms with Gasteiger partial charge in [-0.15, -0.1) is 0 Å².